The molecule has 2 rings (SSSR count). The minimum Gasteiger partial charge on any atom is -0.482 e. The number of fused-ring (bicyclic) bond motifs is 1. The summed E-state index contributed by atoms with van der Waals surface area (Å²) in [5.74, 6) is -0.285. The number of halogens is 1. The summed E-state index contributed by atoms with van der Waals surface area (Å²) >= 11 is 5.82. The van der Waals surface area contributed by atoms with Gasteiger partial charge in [0.05, 0.1) is 12.8 Å². The van der Waals surface area contributed by atoms with E-state index in [1.54, 1.807) is 18.2 Å². The highest BCUT2D eigenvalue weighted by atomic mass is 35.5. The number of methoxy groups -OCH3 is 1. The van der Waals surface area contributed by atoms with Crippen LogP contribution in [0.15, 0.2) is 18.2 Å². The molecule has 0 aliphatic carbocycles. The molecule has 0 saturated heterocycles. The van der Waals surface area contributed by atoms with Gasteiger partial charge in [-0.05, 0) is 12.1 Å². The van der Waals surface area contributed by atoms with Gasteiger partial charge in [-0.25, -0.2) is 0 Å². The largest absolute Gasteiger partial charge is 0.482 e. The third kappa shape index (κ3) is 2.34. The predicted octanol–water partition coefficient (Wildman–Crippen LogP) is 1.24. The molecule has 6 heteroatoms. The van der Waals surface area contributed by atoms with E-state index in [0.29, 0.717) is 16.5 Å². The molecule has 1 amide bonds. The van der Waals surface area contributed by atoms with Gasteiger partial charge in [-0.1, -0.05) is 11.6 Å². The highest BCUT2D eigenvalue weighted by molar-refractivity contribution is 6.30. The van der Waals surface area contributed by atoms with Crippen LogP contribution >= 0.6 is 11.6 Å². The number of amides is 1. The molecule has 17 heavy (non-hydrogen) atoms. The topological polar surface area (TPSA) is 55.8 Å². The van der Waals surface area contributed by atoms with E-state index in [4.69, 9.17) is 16.3 Å². The van der Waals surface area contributed by atoms with Gasteiger partial charge in [0.25, 0.3) is 5.91 Å². The molecule has 0 atom stereocenters. The van der Waals surface area contributed by atoms with E-state index in [2.05, 4.69) is 4.74 Å². The Hall–Kier alpha value is -1.75. The first kappa shape index (κ1) is 11.7. The summed E-state index contributed by atoms with van der Waals surface area (Å²) in [5.41, 5.74) is 0.524. The minimum absolute atomic E-state index is 0.107. The van der Waals surface area contributed by atoms with Gasteiger partial charge in [-0.3, -0.25) is 14.5 Å². The molecule has 1 aromatic carbocycles. The lowest BCUT2D eigenvalue weighted by molar-refractivity contribution is -0.140. The zero-order chi connectivity index (χ0) is 12.4. The second kappa shape index (κ2) is 4.63. The average molecular weight is 256 g/mol. The summed E-state index contributed by atoms with van der Waals surface area (Å²) in [7, 11) is 1.27. The standard InChI is InChI=1S/C11H10ClNO4/c1-16-11(15)5-13-8-3-2-7(12)4-9(8)17-6-10(13)14/h2-4H,5-6H2,1H3. The Morgan fingerprint density at radius 2 is 2.35 bits per heavy atom. The molecule has 0 fully saturated rings. The maximum atomic E-state index is 11.7. The molecule has 90 valence electrons. The normalized spacial score (nSPS) is 14.0. The Balaban J connectivity index is 2.33. The smallest absolute Gasteiger partial charge is 0.325 e. The van der Waals surface area contributed by atoms with E-state index >= 15 is 0 Å². The quantitative estimate of drug-likeness (QED) is 0.746. The monoisotopic (exact) mass is 255 g/mol. The second-order valence-corrected chi connectivity index (χ2v) is 3.89. The van der Waals surface area contributed by atoms with Crippen LogP contribution in [0, 0.1) is 0 Å². The van der Waals surface area contributed by atoms with Gasteiger partial charge < -0.3 is 9.47 Å². The number of ether oxygens (including phenoxy) is 2. The molecule has 0 saturated carbocycles. The Bertz CT molecular complexity index is 475. The molecule has 0 N–H and O–H groups in total. The van der Waals surface area contributed by atoms with E-state index in [0.717, 1.165) is 0 Å². The molecule has 0 radical (unpaired) electrons. The van der Waals surface area contributed by atoms with Crippen molar-refractivity contribution in [3.63, 3.8) is 0 Å². The summed E-state index contributed by atoms with van der Waals surface area (Å²) in [4.78, 5) is 24.2. The second-order valence-electron chi connectivity index (χ2n) is 3.46. The summed E-state index contributed by atoms with van der Waals surface area (Å²) in [6, 6.07) is 4.87. The molecule has 1 aliphatic heterocycles. The summed E-state index contributed by atoms with van der Waals surface area (Å²) < 4.78 is 9.77. The summed E-state index contributed by atoms with van der Waals surface area (Å²) in [5, 5.41) is 0.510. The minimum atomic E-state index is -0.485. The number of carbonyl (C=O) groups excluding carboxylic acids is 2. The van der Waals surface area contributed by atoms with Crippen molar-refractivity contribution < 1.29 is 19.1 Å². The molecule has 0 bridgehead atoms. The Morgan fingerprint density at radius 1 is 1.59 bits per heavy atom. The fourth-order valence-electron chi connectivity index (χ4n) is 1.55. The van der Waals surface area contributed by atoms with Crippen LogP contribution < -0.4 is 9.64 Å². The predicted molar refractivity (Wildman–Crippen MR) is 61.3 cm³/mol. The molecule has 1 aromatic rings. The summed E-state index contributed by atoms with van der Waals surface area (Å²) in [6.07, 6.45) is 0. The highest BCUT2D eigenvalue weighted by Crippen LogP contribution is 2.34. The van der Waals surface area contributed by atoms with Crippen molar-refractivity contribution >= 4 is 29.2 Å². The Kier molecular flexibility index (Phi) is 3.19. The average Bonchev–Trinajstić information content (AvgIpc) is 2.32. The molecule has 0 unspecified atom stereocenters. The van der Waals surface area contributed by atoms with Crippen molar-refractivity contribution in [2.45, 2.75) is 0 Å². The van der Waals surface area contributed by atoms with Crippen LogP contribution in [-0.2, 0) is 14.3 Å². The Morgan fingerprint density at radius 3 is 3.06 bits per heavy atom. The van der Waals surface area contributed by atoms with Gasteiger partial charge in [0.1, 0.15) is 12.3 Å². The lowest BCUT2D eigenvalue weighted by Crippen LogP contribution is -2.42. The zero-order valence-corrected chi connectivity index (χ0v) is 9.86. The van der Waals surface area contributed by atoms with E-state index in [-0.39, 0.29) is 19.1 Å². The first-order valence-electron chi connectivity index (χ1n) is 4.91. The number of hydrogen-bond donors (Lipinski definition) is 0. The number of benzene rings is 1. The lowest BCUT2D eigenvalue weighted by Gasteiger charge is -2.28. The molecular formula is C11H10ClNO4. The fraction of sp³-hybridized carbons (Fsp3) is 0.273. The third-order valence-corrected chi connectivity index (χ3v) is 2.61. The van der Waals surface area contributed by atoms with Crippen molar-refractivity contribution in [1.82, 2.24) is 0 Å². The first-order chi connectivity index (χ1) is 8.11. The van der Waals surface area contributed by atoms with Gasteiger partial charge in [-0.2, -0.15) is 0 Å². The number of esters is 1. The van der Waals surface area contributed by atoms with Crippen LogP contribution in [0.3, 0.4) is 0 Å². The number of carbonyl (C=O) groups is 2. The van der Waals surface area contributed by atoms with Crippen molar-refractivity contribution in [2.24, 2.45) is 0 Å². The first-order valence-corrected chi connectivity index (χ1v) is 5.29. The van der Waals surface area contributed by atoms with Crippen LogP contribution in [0.1, 0.15) is 0 Å². The van der Waals surface area contributed by atoms with Crippen molar-refractivity contribution in [2.75, 3.05) is 25.2 Å². The number of anilines is 1. The number of nitrogens with zero attached hydrogens (tertiary/aromatic N) is 1. The number of hydrogen-bond acceptors (Lipinski definition) is 4. The van der Waals surface area contributed by atoms with Gasteiger partial charge >= 0.3 is 5.97 Å². The fourth-order valence-corrected chi connectivity index (χ4v) is 1.71. The van der Waals surface area contributed by atoms with E-state index in [1.807, 2.05) is 0 Å². The summed E-state index contributed by atoms with van der Waals surface area (Å²) in [6.45, 7) is -0.238. The Labute approximate surface area is 103 Å². The molecule has 1 aliphatic rings. The molecule has 0 aromatic heterocycles. The van der Waals surface area contributed by atoms with Gasteiger partial charge in [0.15, 0.2) is 6.61 Å². The van der Waals surface area contributed by atoms with E-state index in [9.17, 15) is 9.59 Å². The van der Waals surface area contributed by atoms with Crippen LogP contribution in [0.25, 0.3) is 0 Å². The number of rotatable bonds is 2. The SMILES string of the molecule is COC(=O)CN1C(=O)COc2cc(Cl)ccc21. The van der Waals surface area contributed by atoms with Gasteiger partial charge in [0.2, 0.25) is 0 Å². The highest BCUT2D eigenvalue weighted by Gasteiger charge is 2.27. The van der Waals surface area contributed by atoms with Crippen LogP contribution in [0.2, 0.25) is 5.02 Å². The lowest BCUT2D eigenvalue weighted by atomic mass is 10.2. The third-order valence-electron chi connectivity index (χ3n) is 2.38. The van der Waals surface area contributed by atoms with Crippen LogP contribution in [0.5, 0.6) is 5.75 Å². The van der Waals surface area contributed by atoms with Crippen LogP contribution in [0.4, 0.5) is 5.69 Å². The molecule has 1 heterocycles. The maximum absolute atomic E-state index is 11.7. The van der Waals surface area contributed by atoms with E-state index in [1.165, 1.54) is 12.0 Å². The molecule has 0 spiro atoms. The maximum Gasteiger partial charge on any atom is 0.325 e. The van der Waals surface area contributed by atoms with Gasteiger partial charge in [0, 0.05) is 11.1 Å². The molecular weight excluding hydrogens is 246 g/mol. The van der Waals surface area contributed by atoms with E-state index < -0.39 is 5.97 Å². The zero-order valence-electron chi connectivity index (χ0n) is 9.10. The molecule has 5 nitrogen and oxygen atoms in total. The van der Waals surface area contributed by atoms with Crippen molar-refractivity contribution in [3.8, 4) is 5.75 Å². The van der Waals surface area contributed by atoms with Crippen LogP contribution in [-0.4, -0.2) is 32.1 Å². The van der Waals surface area contributed by atoms with Crippen molar-refractivity contribution in [1.29, 1.82) is 0 Å². The van der Waals surface area contributed by atoms with Crippen molar-refractivity contribution in [3.05, 3.63) is 23.2 Å². The van der Waals surface area contributed by atoms with Gasteiger partial charge in [-0.15, -0.1) is 0 Å².